The second-order valence-electron chi connectivity index (χ2n) is 10.6. The molecule has 0 aromatic heterocycles. The van der Waals surface area contributed by atoms with Crippen molar-refractivity contribution in [3.8, 4) is 28.7 Å². The van der Waals surface area contributed by atoms with E-state index < -0.39 is 40.0 Å². The van der Waals surface area contributed by atoms with Crippen LogP contribution in [0.5, 0.6) is 28.7 Å². The third-order valence-corrected chi connectivity index (χ3v) is 9.78. The van der Waals surface area contributed by atoms with Crippen LogP contribution >= 0.6 is 0 Å². The number of nitrogens with one attached hydrogen (secondary N) is 1. The Morgan fingerprint density at radius 3 is 2.10 bits per heavy atom. The maximum atomic E-state index is 13.9. The summed E-state index contributed by atoms with van der Waals surface area (Å²) in [4.78, 5) is 13.4. The first-order valence-corrected chi connectivity index (χ1v) is 15.5. The zero-order valence-corrected chi connectivity index (χ0v) is 24.7. The minimum absolute atomic E-state index is 0.0385. The number of fused-ring (bicyclic) bond motifs is 3. The molecule has 0 saturated carbocycles. The van der Waals surface area contributed by atoms with Gasteiger partial charge in [-0.2, -0.15) is 17.4 Å². The van der Waals surface area contributed by atoms with Crippen molar-refractivity contribution in [2.75, 3.05) is 40.7 Å². The molecular formula is C29H38N2O9S. The minimum Gasteiger partial charge on any atom is -0.502 e. The monoisotopic (exact) mass is 590 g/mol. The highest BCUT2D eigenvalue weighted by molar-refractivity contribution is 7.87. The van der Waals surface area contributed by atoms with Crippen molar-refractivity contribution < 1.29 is 42.0 Å². The summed E-state index contributed by atoms with van der Waals surface area (Å²) in [5, 5.41) is 10.6. The standard InChI is InChI=1S/C29H38N2O9S/c1-5-7-9-31(10-8-6-2)41(34,35)30-27-19-14-22-21(39-16-40-22)13-18(19)25(26-20(27)15-38-29(26)33)17-11-23(36-3)28(32)24(12-17)37-4/h11-14,20,25-27,30,32H,5-10,15-16H2,1-4H3/t20-,25+,26-,27+/m0/s1. The molecule has 41 heavy (non-hydrogen) atoms. The number of phenols is 1. The largest absolute Gasteiger partial charge is 0.502 e. The van der Waals surface area contributed by atoms with Gasteiger partial charge in [0.25, 0.3) is 10.2 Å². The Hall–Kier alpha value is -3.22. The van der Waals surface area contributed by atoms with Crippen LogP contribution in [0.2, 0.25) is 0 Å². The lowest BCUT2D eigenvalue weighted by Crippen LogP contribution is -2.48. The molecule has 1 saturated heterocycles. The second-order valence-corrected chi connectivity index (χ2v) is 12.3. The molecule has 2 heterocycles. The summed E-state index contributed by atoms with van der Waals surface area (Å²) < 4.78 is 59.9. The molecule has 0 unspecified atom stereocenters. The number of aromatic hydroxyl groups is 1. The molecule has 3 aliphatic rings. The van der Waals surface area contributed by atoms with Gasteiger partial charge in [-0.1, -0.05) is 26.7 Å². The summed E-state index contributed by atoms with van der Waals surface area (Å²) in [6.07, 6.45) is 3.21. The van der Waals surface area contributed by atoms with Crippen LogP contribution in [0, 0.1) is 11.8 Å². The SMILES string of the molecule is CCCCN(CCCC)S(=O)(=O)N[C@@H]1c2cc3c(cc2[C@@H](c2cc(OC)c(O)c(OC)c2)[C@H]2C(=O)OC[C@@H]21)OCO3. The Labute approximate surface area is 240 Å². The van der Waals surface area contributed by atoms with Crippen LogP contribution < -0.4 is 23.7 Å². The second kappa shape index (κ2) is 11.9. The Morgan fingerprint density at radius 2 is 1.54 bits per heavy atom. The van der Waals surface area contributed by atoms with Gasteiger partial charge in [0, 0.05) is 24.9 Å². The van der Waals surface area contributed by atoms with E-state index in [2.05, 4.69) is 4.72 Å². The Morgan fingerprint density at radius 1 is 0.951 bits per heavy atom. The Balaban J connectivity index is 1.65. The van der Waals surface area contributed by atoms with Crippen LogP contribution in [-0.2, 0) is 19.7 Å². The number of phenolic OH excluding ortho intramolecular Hbond substituents is 1. The summed E-state index contributed by atoms with van der Waals surface area (Å²) in [6.45, 7) is 4.96. The normalized spacial score (nSPS) is 22.8. The van der Waals surface area contributed by atoms with Crippen LogP contribution in [0.1, 0.15) is 68.2 Å². The summed E-state index contributed by atoms with van der Waals surface area (Å²) in [5.41, 5.74) is 2.03. The van der Waals surface area contributed by atoms with Crippen LogP contribution in [0.25, 0.3) is 0 Å². The number of hydrogen-bond acceptors (Lipinski definition) is 9. The number of cyclic esters (lactones) is 1. The molecule has 0 amide bonds. The highest BCUT2D eigenvalue weighted by Crippen LogP contribution is 2.55. The molecule has 2 aromatic rings. The van der Waals surface area contributed by atoms with Crippen molar-refractivity contribution in [2.24, 2.45) is 11.8 Å². The predicted octanol–water partition coefficient (Wildman–Crippen LogP) is 3.85. The molecule has 11 nitrogen and oxygen atoms in total. The van der Waals surface area contributed by atoms with Crippen LogP contribution in [0.4, 0.5) is 0 Å². The van der Waals surface area contributed by atoms with Gasteiger partial charge in [-0.25, -0.2) is 0 Å². The first kappa shape index (κ1) is 29.3. The molecule has 2 N–H and O–H groups in total. The van der Waals surface area contributed by atoms with Gasteiger partial charge in [0.2, 0.25) is 12.5 Å². The van der Waals surface area contributed by atoms with Crippen LogP contribution in [0.3, 0.4) is 0 Å². The first-order chi connectivity index (χ1) is 19.7. The zero-order chi connectivity index (χ0) is 29.3. The van der Waals surface area contributed by atoms with Gasteiger partial charge in [-0.05, 0) is 53.8 Å². The summed E-state index contributed by atoms with van der Waals surface area (Å²) in [6, 6.07) is 6.20. The molecule has 0 bridgehead atoms. The summed E-state index contributed by atoms with van der Waals surface area (Å²) >= 11 is 0. The number of carbonyl (C=O) groups is 1. The molecule has 0 spiro atoms. The smallest absolute Gasteiger partial charge is 0.310 e. The Kier molecular flexibility index (Phi) is 8.53. The van der Waals surface area contributed by atoms with E-state index in [1.807, 2.05) is 19.9 Å². The topological polar surface area (TPSA) is 133 Å². The number of unbranched alkanes of at least 4 members (excludes halogenated alkanes) is 2. The van der Waals surface area contributed by atoms with Gasteiger partial charge in [0.05, 0.1) is 32.8 Å². The molecule has 1 fully saturated rings. The fourth-order valence-corrected chi connectivity index (χ4v) is 7.57. The van der Waals surface area contributed by atoms with Gasteiger partial charge in [0.15, 0.2) is 23.0 Å². The van der Waals surface area contributed by atoms with E-state index in [-0.39, 0.29) is 30.6 Å². The third kappa shape index (κ3) is 5.40. The first-order valence-electron chi connectivity index (χ1n) is 14.1. The van der Waals surface area contributed by atoms with Crippen molar-refractivity contribution in [3.05, 3.63) is 41.0 Å². The number of methoxy groups -OCH3 is 2. The third-order valence-electron chi connectivity index (χ3n) is 8.19. The summed E-state index contributed by atoms with van der Waals surface area (Å²) in [5.74, 6) is -0.960. The van der Waals surface area contributed by atoms with Crippen molar-refractivity contribution in [1.82, 2.24) is 9.03 Å². The van der Waals surface area contributed by atoms with E-state index in [0.29, 0.717) is 41.3 Å². The highest BCUT2D eigenvalue weighted by atomic mass is 32.2. The quantitative estimate of drug-likeness (QED) is 0.354. The lowest BCUT2D eigenvalue weighted by Gasteiger charge is -2.40. The van der Waals surface area contributed by atoms with E-state index in [9.17, 15) is 18.3 Å². The molecule has 2 aromatic carbocycles. The number of hydrogen-bond donors (Lipinski definition) is 2. The number of rotatable bonds is 12. The molecule has 224 valence electrons. The van der Waals surface area contributed by atoms with Gasteiger partial charge >= 0.3 is 5.97 Å². The number of carbonyl (C=O) groups excluding carboxylic acids is 1. The van der Waals surface area contributed by atoms with Crippen molar-refractivity contribution in [2.45, 2.75) is 51.5 Å². The van der Waals surface area contributed by atoms with Gasteiger partial charge < -0.3 is 28.8 Å². The predicted molar refractivity (Wildman–Crippen MR) is 150 cm³/mol. The van der Waals surface area contributed by atoms with E-state index in [1.165, 1.54) is 18.5 Å². The highest BCUT2D eigenvalue weighted by Gasteiger charge is 2.53. The fraction of sp³-hybridized carbons (Fsp3) is 0.552. The maximum Gasteiger partial charge on any atom is 0.310 e. The van der Waals surface area contributed by atoms with E-state index in [0.717, 1.165) is 25.7 Å². The summed E-state index contributed by atoms with van der Waals surface area (Å²) in [7, 11) is -1.05. The van der Waals surface area contributed by atoms with Crippen LogP contribution in [0.15, 0.2) is 24.3 Å². The molecule has 1 aliphatic carbocycles. The van der Waals surface area contributed by atoms with Crippen LogP contribution in [-0.4, -0.2) is 64.5 Å². The van der Waals surface area contributed by atoms with Crippen molar-refractivity contribution in [1.29, 1.82) is 0 Å². The average molecular weight is 591 g/mol. The number of ether oxygens (including phenoxy) is 5. The van der Waals surface area contributed by atoms with E-state index in [1.54, 1.807) is 18.2 Å². The molecule has 0 radical (unpaired) electrons. The van der Waals surface area contributed by atoms with Gasteiger partial charge in [0.1, 0.15) is 0 Å². The molecule has 2 aliphatic heterocycles. The van der Waals surface area contributed by atoms with Gasteiger partial charge in [-0.3, -0.25) is 4.79 Å². The molecule has 4 atom stereocenters. The molecule has 5 rings (SSSR count). The fourth-order valence-electron chi connectivity index (χ4n) is 6.06. The van der Waals surface area contributed by atoms with E-state index in [4.69, 9.17) is 23.7 Å². The molecule has 12 heteroatoms. The van der Waals surface area contributed by atoms with E-state index >= 15 is 0 Å². The number of benzene rings is 2. The van der Waals surface area contributed by atoms with Gasteiger partial charge in [-0.15, -0.1) is 0 Å². The minimum atomic E-state index is -3.92. The number of nitrogens with zero attached hydrogens (tertiary/aromatic N) is 1. The Bertz CT molecular complexity index is 1360. The number of esters is 1. The maximum absolute atomic E-state index is 13.9. The average Bonchev–Trinajstić information content (AvgIpc) is 3.58. The lowest BCUT2D eigenvalue weighted by molar-refractivity contribution is -0.141. The zero-order valence-electron chi connectivity index (χ0n) is 23.8. The lowest BCUT2D eigenvalue weighted by atomic mass is 9.65. The molecular weight excluding hydrogens is 552 g/mol. The van der Waals surface area contributed by atoms with Crippen molar-refractivity contribution >= 4 is 16.2 Å². The van der Waals surface area contributed by atoms with Crippen molar-refractivity contribution in [3.63, 3.8) is 0 Å².